The zero-order valence-electron chi connectivity index (χ0n) is 13.7. The molecule has 2 aromatic heterocycles. The van der Waals surface area contributed by atoms with E-state index in [0.29, 0.717) is 30.4 Å². The molecule has 1 aliphatic heterocycles. The third-order valence-electron chi connectivity index (χ3n) is 4.13. The van der Waals surface area contributed by atoms with Crippen LogP contribution in [0.1, 0.15) is 16.1 Å². The summed E-state index contributed by atoms with van der Waals surface area (Å²) in [6.07, 6.45) is 1.58. The SMILES string of the molecule is O=C(Nc1ccc(Br)cn1)c1c2n(n(-c3ccccc3)c1=O)CCOC2. The van der Waals surface area contributed by atoms with E-state index in [2.05, 4.69) is 26.2 Å². The Morgan fingerprint density at radius 2 is 2.00 bits per heavy atom. The highest BCUT2D eigenvalue weighted by atomic mass is 79.9. The number of para-hydroxylation sites is 1. The summed E-state index contributed by atoms with van der Waals surface area (Å²) in [6, 6.07) is 12.7. The maximum atomic E-state index is 13.0. The molecule has 0 fully saturated rings. The molecule has 4 rings (SSSR count). The summed E-state index contributed by atoms with van der Waals surface area (Å²) in [5.74, 6) is -0.116. The largest absolute Gasteiger partial charge is 0.373 e. The summed E-state index contributed by atoms with van der Waals surface area (Å²) in [5.41, 5.74) is 0.991. The van der Waals surface area contributed by atoms with Crippen LogP contribution in [-0.4, -0.2) is 26.9 Å². The van der Waals surface area contributed by atoms with Gasteiger partial charge in [0.2, 0.25) is 0 Å². The second-order valence-electron chi connectivity index (χ2n) is 5.77. The standard InChI is InChI=1S/C18H15BrN4O3/c19-12-6-7-15(20-10-12)21-17(24)16-14-11-26-9-8-22(14)23(18(16)25)13-4-2-1-3-5-13/h1-7,10H,8-9,11H2,(H,20,21,24). The number of hydrogen-bond acceptors (Lipinski definition) is 4. The quantitative estimate of drug-likeness (QED) is 0.714. The number of benzene rings is 1. The first-order chi connectivity index (χ1) is 12.6. The minimum absolute atomic E-state index is 0.0817. The van der Waals surface area contributed by atoms with Crippen molar-refractivity contribution in [1.29, 1.82) is 0 Å². The number of fused-ring (bicyclic) bond motifs is 1. The maximum absolute atomic E-state index is 13.0. The zero-order valence-corrected chi connectivity index (χ0v) is 15.3. The first-order valence-corrected chi connectivity index (χ1v) is 8.85. The first kappa shape index (κ1) is 16.7. The normalized spacial score (nSPS) is 13.3. The molecular weight excluding hydrogens is 400 g/mol. The zero-order chi connectivity index (χ0) is 18.1. The fourth-order valence-electron chi connectivity index (χ4n) is 2.97. The van der Waals surface area contributed by atoms with Gasteiger partial charge in [-0.3, -0.25) is 14.3 Å². The van der Waals surface area contributed by atoms with Crippen molar-refractivity contribution in [2.24, 2.45) is 0 Å². The summed E-state index contributed by atoms with van der Waals surface area (Å²) in [4.78, 5) is 30.0. The number of aromatic nitrogens is 3. The lowest BCUT2D eigenvalue weighted by molar-refractivity contribution is 0.0756. The predicted octanol–water partition coefficient (Wildman–Crippen LogP) is 2.58. The lowest BCUT2D eigenvalue weighted by Crippen LogP contribution is -2.26. The monoisotopic (exact) mass is 414 g/mol. The van der Waals surface area contributed by atoms with Gasteiger partial charge >= 0.3 is 0 Å². The molecule has 0 radical (unpaired) electrons. The molecule has 0 atom stereocenters. The highest BCUT2D eigenvalue weighted by Gasteiger charge is 2.28. The average Bonchev–Trinajstić information content (AvgIpc) is 2.96. The van der Waals surface area contributed by atoms with E-state index >= 15 is 0 Å². The number of carbonyl (C=O) groups is 1. The van der Waals surface area contributed by atoms with E-state index < -0.39 is 5.91 Å². The van der Waals surface area contributed by atoms with E-state index in [1.165, 1.54) is 4.68 Å². The number of nitrogens with zero attached hydrogens (tertiary/aromatic N) is 3. The molecule has 132 valence electrons. The van der Waals surface area contributed by atoms with E-state index in [9.17, 15) is 9.59 Å². The number of anilines is 1. The van der Waals surface area contributed by atoms with E-state index in [1.807, 2.05) is 35.0 Å². The molecule has 8 heteroatoms. The molecule has 0 saturated carbocycles. The van der Waals surface area contributed by atoms with E-state index in [-0.39, 0.29) is 17.7 Å². The Balaban J connectivity index is 1.79. The number of nitrogens with one attached hydrogen (secondary N) is 1. The molecular formula is C18H15BrN4O3. The van der Waals surface area contributed by atoms with Gasteiger partial charge in [-0.15, -0.1) is 0 Å². The van der Waals surface area contributed by atoms with Crippen LogP contribution in [0.3, 0.4) is 0 Å². The Kier molecular flexibility index (Phi) is 4.44. The van der Waals surface area contributed by atoms with Crippen LogP contribution in [0.15, 0.2) is 57.9 Å². The van der Waals surface area contributed by atoms with Crippen molar-refractivity contribution in [3.8, 4) is 5.69 Å². The number of ether oxygens (including phenoxy) is 1. The number of halogens is 1. The molecule has 0 saturated heterocycles. The number of hydrogen-bond donors (Lipinski definition) is 1. The molecule has 1 amide bonds. The Morgan fingerprint density at radius 3 is 2.73 bits per heavy atom. The van der Waals surface area contributed by atoms with Gasteiger partial charge in [0.15, 0.2) is 0 Å². The third-order valence-corrected chi connectivity index (χ3v) is 4.60. The topological polar surface area (TPSA) is 78.2 Å². The lowest BCUT2D eigenvalue weighted by Gasteiger charge is -2.19. The first-order valence-electron chi connectivity index (χ1n) is 8.06. The molecule has 1 aromatic carbocycles. The summed E-state index contributed by atoms with van der Waals surface area (Å²) < 4.78 is 9.62. The van der Waals surface area contributed by atoms with Crippen molar-refractivity contribution in [1.82, 2.24) is 14.3 Å². The average molecular weight is 415 g/mol. The van der Waals surface area contributed by atoms with Crippen LogP contribution in [0.25, 0.3) is 5.69 Å². The molecule has 7 nitrogen and oxygen atoms in total. The van der Waals surface area contributed by atoms with Crippen LogP contribution in [0.4, 0.5) is 5.82 Å². The van der Waals surface area contributed by atoms with E-state index in [1.54, 1.807) is 18.3 Å². The highest BCUT2D eigenvalue weighted by molar-refractivity contribution is 9.10. The van der Waals surface area contributed by atoms with Gasteiger partial charge in [-0.05, 0) is 40.2 Å². The van der Waals surface area contributed by atoms with Gasteiger partial charge in [-0.25, -0.2) is 9.67 Å². The molecule has 0 unspecified atom stereocenters. The maximum Gasteiger partial charge on any atom is 0.284 e. The molecule has 0 spiro atoms. The second kappa shape index (κ2) is 6.89. The number of rotatable bonds is 3. The summed E-state index contributed by atoms with van der Waals surface area (Å²) in [6.45, 7) is 1.21. The minimum atomic E-state index is -0.492. The molecule has 26 heavy (non-hydrogen) atoms. The van der Waals surface area contributed by atoms with Crippen LogP contribution in [0.2, 0.25) is 0 Å². The number of carbonyl (C=O) groups excluding carboxylic acids is 1. The highest BCUT2D eigenvalue weighted by Crippen LogP contribution is 2.18. The Hall–Kier alpha value is -2.71. The van der Waals surface area contributed by atoms with Crippen LogP contribution in [0.5, 0.6) is 0 Å². The molecule has 1 aliphatic rings. The smallest absolute Gasteiger partial charge is 0.284 e. The summed E-state index contributed by atoms with van der Waals surface area (Å²) >= 11 is 3.30. The summed E-state index contributed by atoms with van der Waals surface area (Å²) in [7, 11) is 0. The number of pyridine rings is 1. The predicted molar refractivity (Wildman–Crippen MR) is 99.6 cm³/mol. The molecule has 0 bridgehead atoms. The van der Waals surface area contributed by atoms with Crippen LogP contribution in [-0.2, 0) is 17.9 Å². The van der Waals surface area contributed by atoms with Crippen molar-refractivity contribution in [2.45, 2.75) is 13.2 Å². The Morgan fingerprint density at radius 1 is 1.19 bits per heavy atom. The Bertz CT molecular complexity index is 1010. The van der Waals surface area contributed by atoms with Gasteiger partial charge in [0.25, 0.3) is 11.5 Å². The van der Waals surface area contributed by atoms with Gasteiger partial charge in [-0.2, -0.15) is 0 Å². The van der Waals surface area contributed by atoms with Gasteiger partial charge in [0.1, 0.15) is 11.4 Å². The van der Waals surface area contributed by atoms with E-state index in [4.69, 9.17) is 4.74 Å². The van der Waals surface area contributed by atoms with Crippen LogP contribution >= 0.6 is 15.9 Å². The van der Waals surface area contributed by atoms with Crippen molar-refractivity contribution < 1.29 is 9.53 Å². The fraction of sp³-hybridized carbons (Fsp3) is 0.167. The van der Waals surface area contributed by atoms with Crippen molar-refractivity contribution in [2.75, 3.05) is 11.9 Å². The lowest BCUT2D eigenvalue weighted by atomic mass is 10.2. The molecule has 1 N–H and O–H groups in total. The fourth-order valence-corrected chi connectivity index (χ4v) is 3.21. The second-order valence-corrected chi connectivity index (χ2v) is 6.68. The van der Waals surface area contributed by atoms with Crippen LogP contribution in [0, 0.1) is 0 Å². The van der Waals surface area contributed by atoms with Crippen molar-refractivity contribution >= 4 is 27.7 Å². The van der Waals surface area contributed by atoms with Crippen molar-refractivity contribution in [3.05, 3.63) is 74.7 Å². The molecule has 3 heterocycles. The van der Waals surface area contributed by atoms with Gasteiger partial charge in [0, 0.05) is 10.7 Å². The third kappa shape index (κ3) is 2.97. The van der Waals surface area contributed by atoms with Gasteiger partial charge in [0.05, 0.1) is 31.1 Å². The van der Waals surface area contributed by atoms with Crippen LogP contribution < -0.4 is 10.9 Å². The molecule has 3 aromatic rings. The van der Waals surface area contributed by atoms with E-state index in [0.717, 1.165) is 4.47 Å². The van der Waals surface area contributed by atoms with Gasteiger partial charge < -0.3 is 10.1 Å². The Labute approximate surface area is 157 Å². The van der Waals surface area contributed by atoms with Crippen molar-refractivity contribution in [3.63, 3.8) is 0 Å². The minimum Gasteiger partial charge on any atom is -0.373 e. The molecule has 0 aliphatic carbocycles. The summed E-state index contributed by atoms with van der Waals surface area (Å²) in [5, 5.41) is 2.69. The number of amides is 1. The van der Waals surface area contributed by atoms with Gasteiger partial charge in [-0.1, -0.05) is 18.2 Å².